The molecule has 0 bridgehead atoms. The van der Waals surface area contributed by atoms with Gasteiger partial charge in [0.25, 0.3) is 0 Å². The minimum Gasteiger partial charge on any atom is -0.481 e. The molecule has 0 aliphatic carbocycles. The maximum Gasteiger partial charge on any atom is 0.328 e. The lowest BCUT2D eigenvalue weighted by Gasteiger charge is -2.18. The molecule has 4 atom stereocenters. The molecule has 1 amide bonds. The summed E-state index contributed by atoms with van der Waals surface area (Å²) in [6.07, 6.45) is -0.819. The number of aliphatic hydroxyl groups excluding tert-OH is 1. The summed E-state index contributed by atoms with van der Waals surface area (Å²) in [4.78, 5) is 34.0. The lowest BCUT2D eigenvalue weighted by atomic mass is 10.0. The Balaban J connectivity index is 0.000000720. The standard InChI is InChI=1S/C14H18N2O5.C9H13NO.ClH/c1-21-14(20)11(7-9-5-3-2-4-6-9)16-13(19)10(15)8-12(17)18;1-7(10)9(11)8-5-3-2-4-6-8;/h2-6,10-11H,7-8,15H2,1H3,(H,16,19)(H,17,18);2-7,9,11H,10H2,1H3;1H/t10-,11-;7-,9-;/m01./s1. The SMILES string of the molecule is COC(=O)[C@H](Cc1ccccc1)NC(=O)[C@@H](N)CC(=O)O.C[C@@H](N)[C@@H](O)c1ccccc1.Cl. The summed E-state index contributed by atoms with van der Waals surface area (Å²) >= 11 is 0. The monoisotopic (exact) mass is 481 g/mol. The Morgan fingerprint density at radius 1 is 1.00 bits per heavy atom. The van der Waals surface area contributed by atoms with E-state index in [2.05, 4.69) is 10.1 Å². The van der Waals surface area contributed by atoms with Crippen molar-refractivity contribution in [3.63, 3.8) is 0 Å². The molecule has 0 saturated carbocycles. The Bertz CT molecular complexity index is 852. The van der Waals surface area contributed by atoms with Crippen LogP contribution in [-0.4, -0.2) is 53.3 Å². The number of benzene rings is 2. The van der Waals surface area contributed by atoms with E-state index in [-0.39, 0.29) is 24.9 Å². The van der Waals surface area contributed by atoms with Gasteiger partial charge in [0.15, 0.2) is 0 Å². The number of halogens is 1. The second-order valence-corrected chi connectivity index (χ2v) is 7.19. The molecule has 2 rings (SSSR count). The van der Waals surface area contributed by atoms with Crippen LogP contribution in [0.25, 0.3) is 0 Å². The average Bonchev–Trinajstić information content (AvgIpc) is 2.78. The van der Waals surface area contributed by atoms with Crippen molar-refractivity contribution in [3.8, 4) is 0 Å². The van der Waals surface area contributed by atoms with Crippen molar-refractivity contribution in [3.05, 3.63) is 71.8 Å². The summed E-state index contributed by atoms with van der Waals surface area (Å²) < 4.78 is 4.64. The molecule has 0 fully saturated rings. The average molecular weight is 482 g/mol. The number of carbonyl (C=O) groups is 3. The number of ether oxygens (including phenoxy) is 1. The predicted octanol–water partition coefficient (Wildman–Crippen LogP) is 1.18. The molecule has 0 spiro atoms. The smallest absolute Gasteiger partial charge is 0.328 e. The van der Waals surface area contributed by atoms with Gasteiger partial charge < -0.3 is 31.7 Å². The number of nitrogens with one attached hydrogen (secondary N) is 1. The number of rotatable bonds is 9. The highest BCUT2D eigenvalue weighted by Crippen LogP contribution is 2.13. The zero-order chi connectivity index (χ0) is 24.1. The van der Waals surface area contributed by atoms with Gasteiger partial charge in [-0.15, -0.1) is 12.4 Å². The number of esters is 1. The first kappa shape index (κ1) is 30.0. The van der Waals surface area contributed by atoms with Crippen LogP contribution in [-0.2, 0) is 25.5 Å². The van der Waals surface area contributed by atoms with Crippen LogP contribution in [0.2, 0.25) is 0 Å². The number of aliphatic carboxylic acids is 1. The second-order valence-electron chi connectivity index (χ2n) is 7.19. The maximum atomic E-state index is 11.8. The van der Waals surface area contributed by atoms with Crippen molar-refractivity contribution in [2.24, 2.45) is 11.5 Å². The van der Waals surface area contributed by atoms with Gasteiger partial charge in [0.05, 0.1) is 25.7 Å². The highest BCUT2D eigenvalue weighted by molar-refractivity contribution is 5.89. The molecule has 10 heteroatoms. The van der Waals surface area contributed by atoms with Crippen molar-refractivity contribution in [2.75, 3.05) is 7.11 Å². The Morgan fingerprint density at radius 3 is 1.97 bits per heavy atom. The van der Waals surface area contributed by atoms with E-state index in [0.29, 0.717) is 0 Å². The fraction of sp³-hybridized carbons (Fsp3) is 0.348. The fourth-order valence-electron chi connectivity index (χ4n) is 2.70. The maximum absolute atomic E-state index is 11.8. The minimum atomic E-state index is -1.22. The zero-order valence-corrected chi connectivity index (χ0v) is 19.4. The van der Waals surface area contributed by atoms with E-state index in [9.17, 15) is 19.5 Å². The van der Waals surface area contributed by atoms with E-state index in [4.69, 9.17) is 16.6 Å². The van der Waals surface area contributed by atoms with Crippen molar-refractivity contribution in [1.82, 2.24) is 5.32 Å². The number of carbonyl (C=O) groups excluding carboxylic acids is 2. The van der Waals surface area contributed by atoms with Crippen LogP contribution < -0.4 is 16.8 Å². The third kappa shape index (κ3) is 11.4. The van der Waals surface area contributed by atoms with Crippen LogP contribution >= 0.6 is 12.4 Å². The molecule has 0 heterocycles. The van der Waals surface area contributed by atoms with Gasteiger partial charge in [0.2, 0.25) is 5.91 Å². The number of carboxylic acid groups (broad SMARTS) is 1. The summed E-state index contributed by atoms with van der Waals surface area (Å²) in [6, 6.07) is 16.1. The number of aliphatic hydroxyl groups is 1. The van der Waals surface area contributed by atoms with Gasteiger partial charge in [-0.25, -0.2) is 4.79 Å². The Kier molecular flexibility index (Phi) is 14.3. The Hall–Kier alpha value is -2.98. The van der Waals surface area contributed by atoms with Crippen LogP contribution in [0.3, 0.4) is 0 Å². The summed E-state index contributed by atoms with van der Waals surface area (Å²) in [5.74, 6) is -2.51. The van der Waals surface area contributed by atoms with Crippen LogP contribution in [0.5, 0.6) is 0 Å². The normalized spacial score (nSPS) is 13.6. The first-order chi connectivity index (χ1) is 15.1. The number of carboxylic acids is 1. The predicted molar refractivity (Wildman–Crippen MR) is 127 cm³/mol. The number of amides is 1. The number of nitrogens with two attached hydrogens (primary N) is 2. The molecule has 0 aliphatic heterocycles. The molecular formula is C23H32ClN3O6. The van der Waals surface area contributed by atoms with E-state index in [0.717, 1.165) is 11.1 Å². The third-order valence-electron chi connectivity index (χ3n) is 4.46. The number of hydrogen-bond donors (Lipinski definition) is 5. The van der Waals surface area contributed by atoms with Gasteiger partial charge in [0, 0.05) is 12.5 Å². The highest BCUT2D eigenvalue weighted by Gasteiger charge is 2.25. The summed E-state index contributed by atoms with van der Waals surface area (Å²) in [5.41, 5.74) is 12.7. The summed E-state index contributed by atoms with van der Waals surface area (Å²) in [6.45, 7) is 1.79. The molecule has 0 radical (unpaired) electrons. The van der Waals surface area contributed by atoms with Crippen molar-refractivity contribution in [2.45, 2.75) is 44.0 Å². The quantitative estimate of drug-likeness (QED) is 0.333. The van der Waals surface area contributed by atoms with Gasteiger partial charge in [-0.2, -0.15) is 0 Å². The third-order valence-corrected chi connectivity index (χ3v) is 4.46. The summed E-state index contributed by atoms with van der Waals surface area (Å²) in [5, 5.41) is 20.5. The largest absolute Gasteiger partial charge is 0.481 e. The summed E-state index contributed by atoms with van der Waals surface area (Å²) in [7, 11) is 1.21. The van der Waals surface area contributed by atoms with Gasteiger partial charge in [0.1, 0.15) is 6.04 Å². The fourth-order valence-corrected chi connectivity index (χ4v) is 2.70. The van der Waals surface area contributed by atoms with Gasteiger partial charge in [-0.05, 0) is 18.1 Å². The molecule has 2 aromatic carbocycles. The first-order valence-electron chi connectivity index (χ1n) is 10.0. The molecule has 9 nitrogen and oxygen atoms in total. The van der Waals surface area contributed by atoms with E-state index in [1.165, 1.54) is 7.11 Å². The van der Waals surface area contributed by atoms with Crippen LogP contribution in [0.1, 0.15) is 30.6 Å². The molecule has 33 heavy (non-hydrogen) atoms. The molecule has 0 unspecified atom stereocenters. The lowest BCUT2D eigenvalue weighted by molar-refractivity contribution is -0.145. The van der Waals surface area contributed by atoms with E-state index in [1.807, 2.05) is 48.5 Å². The Morgan fingerprint density at radius 2 is 1.52 bits per heavy atom. The first-order valence-corrected chi connectivity index (χ1v) is 10.0. The number of hydrogen-bond acceptors (Lipinski definition) is 7. The van der Waals surface area contributed by atoms with Crippen molar-refractivity contribution >= 4 is 30.3 Å². The molecule has 182 valence electrons. The zero-order valence-electron chi connectivity index (χ0n) is 18.6. The topological polar surface area (TPSA) is 165 Å². The Labute approximate surface area is 199 Å². The molecule has 0 aliphatic rings. The van der Waals surface area contributed by atoms with Crippen LogP contribution in [0.15, 0.2) is 60.7 Å². The van der Waals surface area contributed by atoms with E-state index < -0.39 is 42.5 Å². The minimum absolute atomic E-state index is 0. The van der Waals surface area contributed by atoms with Gasteiger partial charge >= 0.3 is 11.9 Å². The highest BCUT2D eigenvalue weighted by atomic mass is 35.5. The molecule has 0 aromatic heterocycles. The van der Waals surface area contributed by atoms with Gasteiger partial charge in [-0.1, -0.05) is 60.7 Å². The van der Waals surface area contributed by atoms with Gasteiger partial charge in [-0.3, -0.25) is 9.59 Å². The molecule has 0 saturated heterocycles. The van der Waals surface area contributed by atoms with Crippen LogP contribution in [0.4, 0.5) is 0 Å². The van der Waals surface area contributed by atoms with Crippen molar-refractivity contribution < 1.29 is 29.3 Å². The van der Waals surface area contributed by atoms with Crippen molar-refractivity contribution in [1.29, 1.82) is 0 Å². The molecule has 7 N–H and O–H groups in total. The second kappa shape index (κ2) is 15.8. The number of methoxy groups -OCH3 is 1. The lowest BCUT2D eigenvalue weighted by Crippen LogP contribution is -2.50. The van der Waals surface area contributed by atoms with E-state index in [1.54, 1.807) is 19.1 Å². The van der Waals surface area contributed by atoms with E-state index >= 15 is 0 Å². The molecule has 2 aromatic rings. The molecular weight excluding hydrogens is 450 g/mol. The van der Waals surface area contributed by atoms with Crippen LogP contribution in [0, 0.1) is 0 Å².